The SMILES string of the molecule is COc1ccc(NC(=O)/C(C#N)=C\c2cc(Cl)c(OCc3cccc(C)c3)c(OC)c2)cc1. The van der Waals surface area contributed by atoms with Gasteiger partial charge in [0, 0.05) is 5.69 Å². The van der Waals surface area contributed by atoms with E-state index in [0.29, 0.717) is 40.1 Å². The minimum atomic E-state index is -0.544. The van der Waals surface area contributed by atoms with Crippen molar-refractivity contribution >= 4 is 29.3 Å². The number of ether oxygens (including phenoxy) is 3. The topological polar surface area (TPSA) is 80.6 Å². The van der Waals surface area contributed by atoms with Crippen molar-refractivity contribution in [3.05, 3.63) is 87.9 Å². The number of nitrogens with one attached hydrogen (secondary N) is 1. The van der Waals surface area contributed by atoms with E-state index in [0.717, 1.165) is 11.1 Å². The zero-order valence-corrected chi connectivity index (χ0v) is 19.3. The number of halogens is 1. The highest BCUT2D eigenvalue weighted by Crippen LogP contribution is 2.37. The van der Waals surface area contributed by atoms with Crippen molar-refractivity contribution in [2.75, 3.05) is 19.5 Å². The van der Waals surface area contributed by atoms with E-state index in [9.17, 15) is 10.1 Å². The number of rotatable bonds is 8. The average molecular weight is 463 g/mol. The Kier molecular flexibility index (Phi) is 7.96. The van der Waals surface area contributed by atoms with Crippen LogP contribution < -0.4 is 19.5 Å². The fraction of sp³-hybridized carbons (Fsp3) is 0.154. The summed E-state index contributed by atoms with van der Waals surface area (Å²) in [7, 11) is 3.06. The highest BCUT2D eigenvalue weighted by atomic mass is 35.5. The molecule has 3 aromatic carbocycles. The van der Waals surface area contributed by atoms with Crippen molar-refractivity contribution in [2.45, 2.75) is 13.5 Å². The summed E-state index contributed by atoms with van der Waals surface area (Å²) in [6.07, 6.45) is 1.44. The predicted octanol–water partition coefficient (Wildman–Crippen LogP) is 5.79. The molecule has 168 valence electrons. The van der Waals surface area contributed by atoms with Gasteiger partial charge in [0.15, 0.2) is 11.5 Å². The van der Waals surface area contributed by atoms with Gasteiger partial charge in [-0.3, -0.25) is 4.79 Å². The molecule has 0 unspecified atom stereocenters. The third-order valence-corrected chi connectivity index (χ3v) is 5.02. The van der Waals surface area contributed by atoms with Crippen LogP contribution in [0, 0.1) is 18.3 Å². The number of amides is 1. The van der Waals surface area contributed by atoms with Crippen LogP contribution >= 0.6 is 11.6 Å². The summed E-state index contributed by atoms with van der Waals surface area (Å²) >= 11 is 6.45. The van der Waals surface area contributed by atoms with E-state index in [1.807, 2.05) is 37.3 Å². The molecule has 0 heterocycles. The summed E-state index contributed by atoms with van der Waals surface area (Å²) in [5.74, 6) is 0.904. The molecule has 0 radical (unpaired) electrons. The van der Waals surface area contributed by atoms with E-state index in [4.69, 9.17) is 25.8 Å². The van der Waals surface area contributed by atoms with Gasteiger partial charge in [0.05, 0.1) is 19.2 Å². The Hall–Kier alpha value is -3.95. The van der Waals surface area contributed by atoms with Crippen LogP contribution in [0.25, 0.3) is 6.08 Å². The van der Waals surface area contributed by atoms with E-state index >= 15 is 0 Å². The Labute approximate surface area is 198 Å². The molecule has 33 heavy (non-hydrogen) atoms. The first kappa shape index (κ1) is 23.7. The molecule has 1 amide bonds. The van der Waals surface area contributed by atoms with Crippen molar-refractivity contribution in [3.63, 3.8) is 0 Å². The van der Waals surface area contributed by atoms with Gasteiger partial charge in [-0.05, 0) is 60.5 Å². The largest absolute Gasteiger partial charge is 0.497 e. The van der Waals surface area contributed by atoms with E-state index in [1.165, 1.54) is 13.2 Å². The third kappa shape index (κ3) is 6.28. The second-order valence-electron chi connectivity index (χ2n) is 7.16. The van der Waals surface area contributed by atoms with Gasteiger partial charge in [0.2, 0.25) is 0 Å². The van der Waals surface area contributed by atoms with Gasteiger partial charge in [0.1, 0.15) is 24.0 Å². The fourth-order valence-corrected chi connectivity index (χ4v) is 3.38. The quantitative estimate of drug-likeness (QED) is 0.338. The molecule has 1 N–H and O–H groups in total. The molecule has 0 aliphatic heterocycles. The minimum Gasteiger partial charge on any atom is -0.497 e. The molecule has 0 saturated heterocycles. The van der Waals surface area contributed by atoms with Crippen molar-refractivity contribution in [2.24, 2.45) is 0 Å². The zero-order valence-electron chi connectivity index (χ0n) is 18.5. The summed E-state index contributed by atoms with van der Waals surface area (Å²) in [6, 6.07) is 20.0. The number of carbonyl (C=O) groups excluding carboxylic acids is 1. The maximum atomic E-state index is 12.6. The number of nitrogens with zero attached hydrogens (tertiary/aromatic N) is 1. The van der Waals surface area contributed by atoms with Crippen LogP contribution in [0.3, 0.4) is 0 Å². The van der Waals surface area contributed by atoms with Crippen LogP contribution in [0.4, 0.5) is 5.69 Å². The fourth-order valence-electron chi connectivity index (χ4n) is 3.11. The number of hydrogen-bond donors (Lipinski definition) is 1. The maximum absolute atomic E-state index is 12.6. The first-order valence-electron chi connectivity index (χ1n) is 10.1. The zero-order chi connectivity index (χ0) is 23.8. The number of nitriles is 1. The van der Waals surface area contributed by atoms with Crippen molar-refractivity contribution < 1.29 is 19.0 Å². The third-order valence-electron chi connectivity index (χ3n) is 4.74. The smallest absolute Gasteiger partial charge is 0.266 e. The highest BCUT2D eigenvalue weighted by Gasteiger charge is 2.15. The second-order valence-corrected chi connectivity index (χ2v) is 7.57. The molecule has 7 heteroatoms. The summed E-state index contributed by atoms with van der Waals surface area (Å²) < 4.78 is 16.4. The first-order valence-corrected chi connectivity index (χ1v) is 10.4. The van der Waals surface area contributed by atoms with Crippen molar-refractivity contribution in [3.8, 4) is 23.3 Å². The molecule has 0 bridgehead atoms. The summed E-state index contributed by atoms with van der Waals surface area (Å²) in [5, 5.41) is 12.5. The summed E-state index contributed by atoms with van der Waals surface area (Å²) in [5.41, 5.74) is 3.11. The van der Waals surface area contributed by atoms with E-state index < -0.39 is 5.91 Å². The van der Waals surface area contributed by atoms with Crippen LogP contribution in [-0.4, -0.2) is 20.1 Å². The van der Waals surface area contributed by atoms with E-state index in [1.54, 1.807) is 43.5 Å². The van der Waals surface area contributed by atoms with Gasteiger partial charge < -0.3 is 19.5 Å². The molecule has 6 nitrogen and oxygen atoms in total. The Morgan fingerprint density at radius 1 is 1.09 bits per heavy atom. The number of anilines is 1. The Morgan fingerprint density at radius 3 is 2.48 bits per heavy atom. The standard InChI is InChI=1S/C26H23ClN2O4/c1-17-5-4-6-18(11-17)16-33-25-23(27)13-19(14-24(25)32-3)12-20(15-28)26(30)29-21-7-9-22(31-2)10-8-21/h4-14H,16H2,1-3H3,(H,29,30)/b20-12-. The number of methoxy groups -OCH3 is 2. The lowest BCUT2D eigenvalue weighted by Crippen LogP contribution is -2.13. The molecular weight excluding hydrogens is 440 g/mol. The number of aryl methyl sites for hydroxylation is 1. The van der Waals surface area contributed by atoms with Crippen molar-refractivity contribution in [1.82, 2.24) is 0 Å². The molecule has 3 aromatic rings. The molecule has 0 saturated carbocycles. The maximum Gasteiger partial charge on any atom is 0.266 e. The van der Waals surface area contributed by atoms with Gasteiger partial charge >= 0.3 is 0 Å². The molecule has 0 aliphatic carbocycles. The number of carbonyl (C=O) groups is 1. The van der Waals surface area contributed by atoms with Gasteiger partial charge in [-0.1, -0.05) is 41.4 Å². The number of hydrogen-bond acceptors (Lipinski definition) is 5. The van der Waals surface area contributed by atoms with Crippen molar-refractivity contribution in [1.29, 1.82) is 5.26 Å². The minimum absolute atomic E-state index is 0.0858. The second kappa shape index (κ2) is 11.1. The van der Waals surface area contributed by atoms with Gasteiger partial charge in [-0.2, -0.15) is 5.26 Å². The monoisotopic (exact) mass is 462 g/mol. The lowest BCUT2D eigenvalue weighted by Gasteiger charge is -2.14. The number of benzene rings is 3. The summed E-state index contributed by atoms with van der Waals surface area (Å²) in [4.78, 5) is 12.6. The predicted molar refractivity (Wildman–Crippen MR) is 129 cm³/mol. The first-order chi connectivity index (χ1) is 15.9. The van der Waals surface area contributed by atoms with Crippen LogP contribution in [0.5, 0.6) is 17.2 Å². The summed E-state index contributed by atoms with van der Waals surface area (Å²) in [6.45, 7) is 2.33. The average Bonchev–Trinajstić information content (AvgIpc) is 2.82. The lowest BCUT2D eigenvalue weighted by atomic mass is 10.1. The van der Waals surface area contributed by atoms with Crippen LogP contribution in [0.2, 0.25) is 5.02 Å². The highest BCUT2D eigenvalue weighted by molar-refractivity contribution is 6.32. The van der Waals surface area contributed by atoms with E-state index in [-0.39, 0.29) is 5.57 Å². The normalized spacial score (nSPS) is 10.8. The van der Waals surface area contributed by atoms with Gasteiger partial charge in [-0.25, -0.2) is 0 Å². The molecule has 0 spiro atoms. The molecule has 0 fully saturated rings. The Balaban J connectivity index is 1.79. The van der Waals surface area contributed by atoms with E-state index in [2.05, 4.69) is 5.32 Å². The lowest BCUT2D eigenvalue weighted by molar-refractivity contribution is -0.112. The van der Waals surface area contributed by atoms with Crippen LogP contribution in [-0.2, 0) is 11.4 Å². The van der Waals surface area contributed by atoms with Gasteiger partial charge in [-0.15, -0.1) is 0 Å². The molecule has 0 aromatic heterocycles. The molecule has 3 rings (SSSR count). The van der Waals surface area contributed by atoms with Gasteiger partial charge in [0.25, 0.3) is 5.91 Å². The van der Waals surface area contributed by atoms with Crippen LogP contribution in [0.15, 0.2) is 66.2 Å². The molecular formula is C26H23ClN2O4. The molecule has 0 atom stereocenters. The molecule has 0 aliphatic rings. The Bertz CT molecular complexity index is 1210. The Morgan fingerprint density at radius 2 is 1.85 bits per heavy atom. The van der Waals surface area contributed by atoms with Crippen LogP contribution in [0.1, 0.15) is 16.7 Å².